The minimum atomic E-state index is -0.368. The van der Waals surface area contributed by atoms with Crippen molar-refractivity contribution in [3.63, 3.8) is 0 Å². The Balaban J connectivity index is 2.30. The van der Waals surface area contributed by atoms with Crippen LogP contribution in [0.1, 0.15) is 6.42 Å². The third-order valence-electron chi connectivity index (χ3n) is 2.89. The number of nitrogens with zero attached hydrogens (tertiary/aromatic N) is 1. The van der Waals surface area contributed by atoms with Crippen molar-refractivity contribution < 1.29 is 9.66 Å². The number of hydrogen-bond donors (Lipinski definition) is 1. The summed E-state index contributed by atoms with van der Waals surface area (Å²) >= 11 is 0. The van der Waals surface area contributed by atoms with Crippen molar-refractivity contribution in [3.05, 3.63) is 46.5 Å². The van der Waals surface area contributed by atoms with Gasteiger partial charge in [0.2, 0.25) is 0 Å². The second-order valence-corrected chi connectivity index (χ2v) is 4.19. The lowest BCUT2D eigenvalue weighted by Gasteiger charge is -2.09. The van der Waals surface area contributed by atoms with Gasteiger partial charge in [0.25, 0.3) is 5.69 Å². The van der Waals surface area contributed by atoms with Crippen molar-refractivity contribution in [2.24, 2.45) is 0 Å². The van der Waals surface area contributed by atoms with Crippen LogP contribution in [0.3, 0.4) is 0 Å². The number of fused-ring (bicyclic) bond motifs is 1. The standard InChI is InChI=1S/C14H16N2O3/c1-15-9-4-10-19-14-8-7-13(16(17)18)11-5-2-3-6-12(11)14/h2-3,5-8,15H,4,9-10H2,1H3. The number of hydrogen-bond acceptors (Lipinski definition) is 4. The van der Waals surface area contributed by atoms with Gasteiger partial charge in [-0.25, -0.2) is 0 Å². The van der Waals surface area contributed by atoms with E-state index in [-0.39, 0.29) is 10.6 Å². The summed E-state index contributed by atoms with van der Waals surface area (Å²) in [6.45, 7) is 1.47. The van der Waals surface area contributed by atoms with Crippen LogP contribution in [0.25, 0.3) is 10.8 Å². The Morgan fingerprint density at radius 1 is 1.21 bits per heavy atom. The highest BCUT2D eigenvalue weighted by atomic mass is 16.6. The maximum Gasteiger partial charge on any atom is 0.277 e. The van der Waals surface area contributed by atoms with E-state index in [2.05, 4.69) is 5.32 Å². The number of nitro benzene ring substituents is 1. The first kappa shape index (κ1) is 13.3. The highest BCUT2D eigenvalue weighted by molar-refractivity contribution is 5.95. The van der Waals surface area contributed by atoms with Crippen LogP contribution >= 0.6 is 0 Å². The molecule has 0 aliphatic carbocycles. The molecule has 0 unspecified atom stereocenters. The summed E-state index contributed by atoms with van der Waals surface area (Å²) in [5.74, 6) is 0.692. The van der Waals surface area contributed by atoms with Crippen molar-refractivity contribution in [1.29, 1.82) is 0 Å². The van der Waals surface area contributed by atoms with Gasteiger partial charge < -0.3 is 10.1 Å². The van der Waals surface area contributed by atoms with Gasteiger partial charge in [0.1, 0.15) is 5.75 Å². The first-order chi connectivity index (χ1) is 9.24. The predicted molar refractivity (Wildman–Crippen MR) is 74.6 cm³/mol. The summed E-state index contributed by atoms with van der Waals surface area (Å²) in [7, 11) is 1.89. The summed E-state index contributed by atoms with van der Waals surface area (Å²) < 4.78 is 5.69. The highest BCUT2D eigenvalue weighted by Crippen LogP contribution is 2.32. The number of ether oxygens (including phenoxy) is 1. The molecule has 0 aromatic heterocycles. The largest absolute Gasteiger partial charge is 0.493 e. The number of nitro groups is 1. The van der Waals surface area contributed by atoms with Gasteiger partial charge in [-0.2, -0.15) is 0 Å². The Morgan fingerprint density at radius 2 is 1.95 bits per heavy atom. The smallest absolute Gasteiger partial charge is 0.277 e. The fourth-order valence-corrected chi connectivity index (χ4v) is 1.97. The van der Waals surface area contributed by atoms with Crippen LogP contribution in [0.5, 0.6) is 5.75 Å². The minimum absolute atomic E-state index is 0.109. The SMILES string of the molecule is CNCCCOc1ccc([N+](=O)[O-])c2ccccc12. The predicted octanol–water partition coefficient (Wildman–Crippen LogP) is 2.74. The molecule has 19 heavy (non-hydrogen) atoms. The van der Waals surface area contributed by atoms with Gasteiger partial charge >= 0.3 is 0 Å². The monoisotopic (exact) mass is 260 g/mol. The van der Waals surface area contributed by atoms with Crippen LogP contribution in [-0.2, 0) is 0 Å². The first-order valence-corrected chi connectivity index (χ1v) is 6.17. The molecule has 2 aromatic rings. The fourth-order valence-electron chi connectivity index (χ4n) is 1.97. The third-order valence-corrected chi connectivity index (χ3v) is 2.89. The van der Waals surface area contributed by atoms with Crippen LogP contribution in [-0.4, -0.2) is 25.1 Å². The molecular weight excluding hydrogens is 244 g/mol. The summed E-state index contributed by atoms with van der Waals surface area (Å²) in [6, 6.07) is 10.4. The average molecular weight is 260 g/mol. The normalized spacial score (nSPS) is 10.6. The Kier molecular flexibility index (Phi) is 4.30. The summed E-state index contributed by atoms with van der Waals surface area (Å²) in [5.41, 5.74) is 0.109. The molecule has 0 fully saturated rings. The zero-order valence-corrected chi connectivity index (χ0v) is 10.8. The molecule has 1 N–H and O–H groups in total. The molecule has 0 bridgehead atoms. The molecule has 5 nitrogen and oxygen atoms in total. The molecule has 0 aliphatic heterocycles. The number of non-ortho nitro benzene ring substituents is 1. The van der Waals surface area contributed by atoms with Gasteiger partial charge in [0, 0.05) is 11.5 Å². The molecule has 0 spiro atoms. The topological polar surface area (TPSA) is 64.4 Å². The molecule has 0 heterocycles. The van der Waals surface area contributed by atoms with E-state index in [0.29, 0.717) is 17.7 Å². The van der Waals surface area contributed by atoms with Gasteiger partial charge in [0.15, 0.2) is 0 Å². The lowest BCUT2D eigenvalue weighted by atomic mass is 10.1. The molecular formula is C14H16N2O3. The number of rotatable bonds is 6. The van der Waals surface area contributed by atoms with Crippen molar-refractivity contribution in [1.82, 2.24) is 5.32 Å². The van der Waals surface area contributed by atoms with Crippen LogP contribution in [0.2, 0.25) is 0 Å². The van der Waals surface area contributed by atoms with Gasteiger partial charge in [-0.3, -0.25) is 10.1 Å². The molecule has 0 amide bonds. The van der Waals surface area contributed by atoms with Crippen LogP contribution in [0.15, 0.2) is 36.4 Å². The zero-order valence-electron chi connectivity index (χ0n) is 10.8. The van der Waals surface area contributed by atoms with Gasteiger partial charge in [-0.05, 0) is 32.1 Å². The van der Waals surface area contributed by atoms with E-state index in [9.17, 15) is 10.1 Å². The molecule has 100 valence electrons. The fraction of sp³-hybridized carbons (Fsp3) is 0.286. The minimum Gasteiger partial charge on any atom is -0.493 e. The lowest BCUT2D eigenvalue weighted by molar-refractivity contribution is -0.383. The van der Waals surface area contributed by atoms with E-state index in [0.717, 1.165) is 18.4 Å². The third kappa shape index (κ3) is 3.00. The first-order valence-electron chi connectivity index (χ1n) is 6.17. The molecule has 0 saturated carbocycles. The maximum atomic E-state index is 11.0. The van der Waals surface area contributed by atoms with E-state index in [1.54, 1.807) is 18.2 Å². The van der Waals surface area contributed by atoms with E-state index in [1.165, 1.54) is 6.07 Å². The van der Waals surface area contributed by atoms with Gasteiger partial charge in [0.05, 0.1) is 16.9 Å². The number of nitrogens with one attached hydrogen (secondary N) is 1. The van der Waals surface area contributed by atoms with E-state index in [4.69, 9.17) is 4.74 Å². The maximum absolute atomic E-state index is 11.0. The summed E-state index contributed by atoms with van der Waals surface area (Å²) in [4.78, 5) is 10.6. The Morgan fingerprint density at radius 3 is 2.63 bits per heavy atom. The Bertz CT molecular complexity index is 584. The van der Waals surface area contributed by atoms with Crippen LogP contribution in [0, 0.1) is 10.1 Å². The van der Waals surface area contributed by atoms with Crippen molar-refractivity contribution >= 4 is 16.5 Å². The summed E-state index contributed by atoms with van der Waals surface area (Å²) in [5, 5.41) is 15.4. The Labute approximate surface area is 111 Å². The van der Waals surface area contributed by atoms with Crippen LogP contribution < -0.4 is 10.1 Å². The lowest BCUT2D eigenvalue weighted by Crippen LogP contribution is -2.11. The quantitative estimate of drug-likeness (QED) is 0.492. The molecule has 0 saturated heterocycles. The van der Waals surface area contributed by atoms with Gasteiger partial charge in [-0.15, -0.1) is 0 Å². The summed E-state index contributed by atoms with van der Waals surface area (Å²) in [6.07, 6.45) is 0.891. The Hall–Kier alpha value is -2.14. The molecule has 0 aliphatic rings. The van der Waals surface area contributed by atoms with Crippen molar-refractivity contribution in [2.75, 3.05) is 20.2 Å². The zero-order chi connectivity index (χ0) is 13.7. The molecule has 2 aromatic carbocycles. The molecule has 2 rings (SSSR count). The molecule has 0 radical (unpaired) electrons. The number of benzene rings is 2. The second kappa shape index (κ2) is 6.15. The van der Waals surface area contributed by atoms with Gasteiger partial charge in [-0.1, -0.05) is 18.2 Å². The second-order valence-electron chi connectivity index (χ2n) is 4.19. The molecule has 0 atom stereocenters. The van der Waals surface area contributed by atoms with Crippen molar-refractivity contribution in [3.8, 4) is 5.75 Å². The van der Waals surface area contributed by atoms with E-state index < -0.39 is 0 Å². The molecule has 5 heteroatoms. The van der Waals surface area contributed by atoms with E-state index >= 15 is 0 Å². The van der Waals surface area contributed by atoms with E-state index in [1.807, 2.05) is 19.2 Å². The average Bonchev–Trinajstić information content (AvgIpc) is 2.43. The highest BCUT2D eigenvalue weighted by Gasteiger charge is 2.14. The van der Waals surface area contributed by atoms with Crippen molar-refractivity contribution in [2.45, 2.75) is 6.42 Å². The van der Waals surface area contributed by atoms with Crippen LogP contribution in [0.4, 0.5) is 5.69 Å².